The zero-order valence-electron chi connectivity index (χ0n) is 18.0. The third-order valence-electron chi connectivity index (χ3n) is 4.98. The molecular formula is C26H22ClNO4. The molecule has 32 heavy (non-hydrogen) atoms. The van der Waals surface area contributed by atoms with Gasteiger partial charge in [0.2, 0.25) is 11.2 Å². The Kier molecular flexibility index (Phi) is 6.01. The lowest BCUT2D eigenvalue weighted by Crippen LogP contribution is -2.22. The van der Waals surface area contributed by atoms with Gasteiger partial charge in [0.15, 0.2) is 12.4 Å². The molecule has 4 aromatic rings. The first-order chi connectivity index (χ1) is 15.3. The number of halogens is 1. The number of ether oxygens (including phenoxy) is 1. The number of hydrogen-bond donors (Lipinski definition) is 1. The predicted molar refractivity (Wildman–Crippen MR) is 128 cm³/mol. The lowest BCUT2D eigenvalue weighted by Gasteiger charge is -2.13. The number of aryl methyl sites for hydroxylation is 3. The SMILES string of the molecule is Cc1ccc(-c2oc3ccc(Cl)cc3c(=O)c2OCC(=O)Nc2cc(C)cc(C)c2)cc1. The number of carbonyl (C=O) groups is 1. The Morgan fingerprint density at radius 3 is 2.31 bits per heavy atom. The summed E-state index contributed by atoms with van der Waals surface area (Å²) in [5, 5.41) is 3.51. The quantitative estimate of drug-likeness (QED) is 0.404. The fourth-order valence-corrected chi connectivity index (χ4v) is 3.73. The highest BCUT2D eigenvalue weighted by Crippen LogP contribution is 2.32. The van der Waals surface area contributed by atoms with Crippen LogP contribution in [0.15, 0.2) is 69.9 Å². The van der Waals surface area contributed by atoms with Crippen LogP contribution in [0.3, 0.4) is 0 Å². The first kappa shape index (κ1) is 21.7. The van der Waals surface area contributed by atoms with Crippen LogP contribution in [-0.4, -0.2) is 12.5 Å². The highest BCUT2D eigenvalue weighted by atomic mass is 35.5. The molecule has 162 valence electrons. The van der Waals surface area contributed by atoms with Gasteiger partial charge in [-0.15, -0.1) is 0 Å². The summed E-state index contributed by atoms with van der Waals surface area (Å²) in [6.45, 7) is 5.54. The van der Waals surface area contributed by atoms with E-state index in [0.29, 0.717) is 21.9 Å². The summed E-state index contributed by atoms with van der Waals surface area (Å²) in [5.41, 5.74) is 4.50. The maximum absolute atomic E-state index is 13.2. The van der Waals surface area contributed by atoms with Crippen molar-refractivity contribution in [3.05, 3.63) is 92.6 Å². The van der Waals surface area contributed by atoms with Crippen molar-refractivity contribution in [2.24, 2.45) is 0 Å². The predicted octanol–water partition coefficient (Wildman–Crippen LogP) is 6.06. The number of anilines is 1. The van der Waals surface area contributed by atoms with Crippen molar-refractivity contribution in [3.8, 4) is 17.1 Å². The Morgan fingerprint density at radius 2 is 1.62 bits per heavy atom. The first-order valence-corrected chi connectivity index (χ1v) is 10.5. The van der Waals surface area contributed by atoms with Crippen LogP contribution in [0.4, 0.5) is 5.69 Å². The van der Waals surface area contributed by atoms with E-state index in [1.807, 2.05) is 63.2 Å². The molecule has 0 aliphatic carbocycles. The van der Waals surface area contributed by atoms with Gasteiger partial charge in [-0.1, -0.05) is 47.5 Å². The molecular weight excluding hydrogens is 426 g/mol. The molecule has 6 heteroatoms. The Labute approximate surface area is 190 Å². The van der Waals surface area contributed by atoms with Crippen molar-refractivity contribution in [1.29, 1.82) is 0 Å². The Balaban J connectivity index is 1.69. The van der Waals surface area contributed by atoms with Gasteiger partial charge in [-0.25, -0.2) is 0 Å². The molecule has 1 amide bonds. The molecule has 0 atom stereocenters. The minimum Gasteiger partial charge on any atom is -0.476 e. The smallest absolute Gasteiger partial charge is 0.262 e. The topological polar surface area (TPSA) is 68.5 Å². The number of fused-ring (bicyclic) bond motifs is 1. The molecule has 0 fully saturated rings. The van der Waals surface area contributed by atoms with Gasteiger partial charge in [-0.2, -0.15) is 0 Å². The van der Waals surface area contributed by atoms with Gasteiger partial charge >= 0.3 is 0 Å². The highest BCUT2D eigenvalue weighted by Gasteiger charge is 2.19. The van der Waals surface area contributed by atoms with Crippen LogP contribution in [0, 0.1) is 20.8 Å². The van der Waals surface area contributed by atoms with Crippen molar-refractivity contribution < 1.29 is 13.9 Å². The van der Waals surface area contributed by atoms with E-state index in [1.54, 1.807) is 12.1 Å². The summed E-state index contributed by atoms with van der Waals surface area (Å²) in [5.74, 6) is -0.140. The van der Waals surface area contributed by atoms with Gasteiger partial charge in [-0.3, -0.25) is 9.59 Å². The summed E-state index contributed by atoms with van der Waals surface area (Å²) in [6, 6.07) is 18.1. The van der Waals surface area contributed by atoms with E-state index in [0.717, 1.165) is 16.7 Å². The number of amides is 1. The first-order valence-electron chi connectivity index (χ1n) is 10.1. The Bertz CT molecular complexity index is 1350. The molecule has 0 bridgehead atoms. The van der Waals surface area contributed by atoms with Gasteiger partial charge in [0, 0.05) is 16.3 Å². The molecule has 0 saturated heterocycles. The lowest BCUT2D eigenvalue weighted by molar-refractivity contribution is -0.118. The third kappa shape index (κ3) is 4.68. The molecule has 0 aliphatic heterocycles. The van der Waals surface area contributed by atoms with Gasteiger partial charge in [0.1, 0.15) is 5.58 Å². The molecule has 0 radical (unpaired) electrons. The van der Waals surface area contributed by atoms with Crippen molar-refractivity contribution in [1.82, 2.24) is 0 Å². The maximum atomic E-state index is 13.2. The van der Waals surface area contributed by atoms with Crippen molar-refractivity contribution >= 4 is 34.2 Å². The van der Waals surface area contributed by atoms with Crippen LogP contribution < -0.4 is 15.5 Å². The Hall–Kier alpha value is -3.57. The van der Waals surface area contributed by atoms with Crippen LogP contribution in [0.25, 0.3) is 22.3 Å². The number of benzene rings is 3. The van der Waals surface area contributed by atoms with Gasteiger partial charge < -0.3 is 14.5 Å². The van der Waals surface area contributed by atoms with E-state index < -0.39 is 0 Å². The molecule has 0 unspecified atom stereocenters. The highest BCUT2D eigenvalue weighted by molar-refractivity contribution is 6.31. The van der Waals surface area contributed by atoms with Crippen LogP contribution in [0.2, 0.25) is 5.02 Å². The molecule has 1 aromatic heterocycles. The number of rotatable bonds is 5. The summed E-state index contributed by atoms with van der Waals surface area (Å²) < 4.78 is 11.8. The third-order valence-corrected chi connectivity index (χ3v) is 5.21. The van der Waals surface area contributed by atoms with Gasteiger partial charge in [-0.05, 0) is 62.2 Å². The average molecular weight is 448 g/mol. The van der Waals surface area contributed by atoms with E-state index in [9.17, 15) is 9.59 Å². The van der Waals surface area contributed by atoms with Crippen LogP contribution >= 0.6 is 11.6 Å². The standard InChI is InChI=1S/C26H22ClNO4/c1-15-4-6-18(7-5-15)25-26(24(30)21-13-19(27)8-9-22(21)32-25)31-14-23(29)28-20-11-16(2)10-17(3)12-20/h4-13H,14H2,1-3H3,(H,28,29). The number of hydrogen-bond acceptors (Lipinski definition) is 4. The van der Waals surface area contributed by atoms with Crippen LogP contribution in [0.1, 0.15) is 16.7 Å². The fraction of sp³-hybridized carbons (Fsp3) is 0.154. The van der Waals surface area contributed by atoms with Crippen molar-refractivity contribution in [3.63, 3.8) is 0 Å². The minimum atomic E-state index is -0.386. The zero-order valence-corrected chi connectivity index (χ0v) is 18.7. The van der Waals surface area contributed by atoms with Crippen LogP contribution in [-0.2, 0) is 4.79 Å². The molecule has 4 rings (SSSR count). The van der Waals surface area contributed by atoms with Crippen LogP contribution in [0.5, 0.6) is 5.75 Å². The summed E-state index contributed by atoms with van der Waals surface area (Å²) in [6.07, 6.45) is 0. The lowest BCUT2D eigenvalue weighted by atomic mass is 10.1. The maximum Gasteiger partial charge on any atom is 0.262 e. The van der Waals surface area contributed by atoms with Crippen molar-refractivity contribution in [2.45, 2.75) is 20.8 Å². The summed E-state index contributed by atoms with van der Waals surface area (Å²) in [4.78, 5) is 25.8. The molecule has 3 aromatic carbocycles. The second kappa shape index (κ2) is 8.89. The minimum absolute atomic E-state index is 0.0285. The van der Waals surface area contributed by atoms with Gasteiger partial charge in [0.25, 0.3) is 5.91 Å². The van der Waals surface area contributed by atoms with E-state index in [4.69, 9.17) is 20.8 Å². The van der Waals surface area contributed by atoms with Gasteiger partial charge in [0.05, 0.1) is 5.39 Å². The molecule has 0 aliphatic rings. The molecule has 1 heterocycles. The molecule has 0 saturated carbocycles. The van der Waals surface area contributed by atoms with E-state index in [2.05, 4.69) is 5.32 Å². The fourth-order valence-electron chi connectivity index (χ4n) is 3.56. The average Bonchev–Trinajstić information content (AvgIpc) is 2.73. The monoisotopic (exact) mass is 447 g/mol. The van der Waals surface area contributed by atoms with E-state index in [1.165, 1.54) is 6.07 Å². The van der Waals surface area contributed by atoms with E-state index in [-0.39, 0.29) is 34.8 Å². The van der Waals surface area contributed by atoms with Crippen molar-refractivity contribution in [2.75, 3.05) is 11.9 Å². The zero-order chi connectivity index (χ0) is 22.8. The largest absolute Gasteiger partial charge is 0.476 e. The number of carbonyl (C=O) groups excluding carboxylic acids is 1. The molecule has 5 nitrogen and oxygen atoms in total. The number of nitrogens with one attached hydrogen (secondary N) is 1. The second-order valence-electron chi connectivity index (χ2n) is 7.81. The molecule has 0 spiro atoms. The molecule has 1 N–H and O–H groups in total. The summed E-state index contributed by atoms with van der Waals surface area (Å²) in [7, 11) is 0. The van der Waals surface area contributed by atoms with E-state index >= 15 is 0 Å². The normalized spacial score (nSPS) is 10.9. The second-order valence-corrected chi connectivity index (χ2v) is 8.25. The Morgan fingerprint density at radius 1 is 0.938 bits per heavy atom. The summed E-state index contributed by atoms with van der Waals surface area (Å²) >= 11 is 6.07.